The molecule has 5 rings (SSSR count). The maximum atomic E-state index is 13.8. The van der Waals surface area contributed by atoms with Crippen LogP contribution in [-0.2, 0) is 43.2 Å². The summed E-state index contributed by atoms with van der Waals surface area (Å²) < 4.78 is 0. The van der Waals surface area contributed by atoms with Crippen LogP contribution in [0.5, 0.6) is 0 Å². The molecule has 0 unspecified atom stereocenters. The molecule has 310 valence electrons. The van der Waals surface area contributed by atoms with Gasteiger partial charge in [-0.25, -0.2) is 0 Å². The second kappa shape index (κ2) is 19.1. The fraction of sp³-hybridized carbons (Fsp3) is 0.735. The molecule has 8 atom stereocenters. The number of β-amino-alcohol motifs (C(OH)–C–C–N with tert-alkyl or cyclic N) is 2. The van der Waals surface area contributed by atoms with E-state index in [0.29, 0.717) is 38.6 Å². The van der Waals surface area contributed by atoms with E-state index in [-0.39, 0.29) is 57.1 Å². The van der Waals surface area contributed by atoms with E-state index in [0.717, 1.165) is 0 Å². The maximum Gasteiger partial charge on any atom is 0.322 e. The molecule has 0 spiro atoms. The van der Waals surface area contributed by atoms with Crippen molar-refractivity contribution in [2.24, 2.45) is 0 Å². The number of aliphatic hydroxyl groups excluding tert-OH is 2. The van der Waals surface area contributed by atoms with Gasteiger partial charge >= 0.3 is 5.97 Å². The summed E-state index contributed by atoms with van der Waals surface area (Å²) >= 11 is 4.17. The van der Waals surface area contributed by atoms with Crippen molar-refractivity contribution in [3.05, 3.63) is 0 Å². The highest BCUT2D eigenvalue weighted by atomic mass is 32.1. The second-order valence-electron chi connectivity index (χ2n) is 14.7. The molecule has 0 aromatic carbocycles. The first-order valence-electron chi connectivity index (χ1n) is 19.0. The van der Waals surface area contributed by atoms with Gasteiger partial charge < -0.3 is 61.5 Å². The number of aliphatic carboxylic acids is 1. The molecule has 0 saturated carbocycles. The molecule has 0 aliphatic carbocycles. The zero-order valence-corrected chi connectivity index (χ0v) is 31.8. The Bertz CT molecular complexity index is 1570. The lowest BCUT2D eigenvalue weighted by Crippen LogP contribution is -2.56. The van der Waals surface area contributed by atoms with Crippen LogP contribution in [0.1, 0.15) is 51.4 Å². The molecule has 8 N–H and O–H groups in total. The molecule has 21 nitrogen and oxygen atoms in total. The summed E-state index contributed by atoms with van der Waals surface area (Å²) in [6.45, 7) is -0.775. The van der Waals surface area contributed by atoms with Gasteiger partial charge in [-0.2, -0.15) is 12.6 Å². The zero-order chi connectivity index (χ0) is 40.7. The zero-order valence-electron chi connectivity index (χ0n) is 30.9. The van der Waals surface area contributed by atoms with E-state index in [1.165, 1.54) is 19.6 Å². The Labute approximate surface area is 328 Å². The van der Waals surface area contributed by atoms with Crippen LogP contribution < -0.4 is 26.6 Å². The maximum absolute atomic E-state index is 13.8. The number of nitrogens with one attached hydrogen (secondary N) is 5. The van der Waals surface area contributed by atoms with Crippen LogP contribution in [0.15, 0.2) is 0 Å². The largest absolute Gasteiger partial charge is 0.480 e. The highest BCUT2D eigenvalue weighted by molar-refractivity contribution is 7.80. The van der Waals surface area contributed by atoms with Crippen molar-refractivity contribution in [1.29, 1.82) is 0 Å². The van der Waals surface area contributed by atoms with Crippen LogP contribution in [0.3, 0.4) is 0 Å². The minimum atomic E-state index is -1.24. The van der Waals surface area contributed by atoms with E-state index in [9.17, 15) is 53.4 Å². The Morgan fingerprint density at radius 2 is 1.20 bits per heavy atom. The summed E-state index contributed by atoms with van der Waals surface area (Å²) in [5, 5.41) is 41.9. The summed E-state index contributed by atoms with van der Waals surface area (Å²) in [5.74, 6) is -5.99. The monoisotopic (exact) mass is 809 g/mol. The van der Waals surface area contributed by atoms with Crippen LogP contribution in [0.2, 0.25) is 0 Å². The number of hydrogen-bond donors (Lipinski definition) is 9. The van der Waals surface area contributed by atoms with Gasteiger partial charge in [-0.3, -0.25) is 43.2 Å². The SMILES string of the molecule is O=C(O)CNC(=O)[C@@H]1CCCN1C(=O)[C@H](CS)NC(=O)CNC(=O)[C@@H]1CCCN1C(=O)[C@@H]1C[C@@H](O)CN1C(=O)CNC(=O)[C@@H]1CCCN1C(=O)[C@@H]1C[C@@H](O)CN1. The van der Waals surface area contributed by atoms with Gasteiger partial charge in [0, 0.05) is 44.9 Å². The molecule has 5 saturated heterocycles. The number of hydrogen-bond acceptors (Lipinski definition) is 13. The normalized spacial score (nSPS) is 27.9. The molecule has 0 bridgehead atoms. The molecule has 5 aliphatic rings. The van der Waals surface area contributed by atoms with Crippen molar-refractivity contribution < 1.29 is 58.5 Å². The van der Waals surface area contributed by atoms with Crippen LogP contribution in [0.25, 0.3) is 0 Å². The summed E-state index contributed by atoms with van der Waals surface area (Å²) in [6, 6.07) is -5.55. The molecule has 0 aromatic rings. The lowest BCUT2D eigenvalue weighted by Gasteiger charge is -2.31. The summed E-state index contributed by atoms with van der Waals surface area (Å²) in [4.78, 5) is 121. The smallest absolute Gasteiger partial charge is 0.322 e. The predicted octanol–water partition coefficient (Wildman–Crippen LogP) is -5.51. The molecule has 5 fully saturated rings. The van der Waals surface area contributed by atoms with Gasteiger partial charge in [0.2, 0.25) is 47.3 Å². The number of thiol groups is 1. The number of amides is 8. The third-order valence-corrected chi connectivity index (χ3v) is 11.2. The van der Waals surface area contributed by atoms with Gasteiger partial charge in [-0.15, -0.1) is 0 Å². The molecule has 56 heavy (non-hydrogen) atoms. The van der Waals surface area contributed by atoms with Crippen LogP contribution in [0, 0.1) is 0 Å². The molecule has 5 aliphatic heterocycles. The second-order valence-corrected chi connectivity index (χ2v) is 15.1. The van der Waals surface area contributed by atoms with Gasteiger partial charge in [0.1, 0.15) is 36.8 Å². The average Bonchev–Trinajstić information content (AvgIpc) is 4.03. The first-order chi connectivity index (χ1) is 26.7. The third-order valence-electron chi connectivity index (χ3n) is 10.9. The van der Waals surface area contributed by atoms with Crippen LogP contribution >= 0.6 is 12.6 Å². The lowest BCUT2D eigenvalue weighted by molar-refractivity contribution is -0.147. The Morgan fingerprint density at radius 1 is 0.661 bits per heavy atom. The fourth-order valence-electron chi connectivity index (χ4n) is 8.11. The van der Waals surface area contributed by atoms with Crippen molar-refractivity contribution in [2.75, 3.05) is 58.1 Å². The highest BCUT2D eigenvalue weighted by Crippen LogP contribution is 2.26. The number of nitrogens with zero attached hydrogens (tertiary/aromatic N) is 4. The molecule has 22 heteroatoms. The first kappa shape index (κ1) is 42.6. The van der Waals surface area contributed by atoms with Gasteiger partial charge in [-0.1, -0.05) is 0 Å². The molecular weight excluding hydrogens is 758 g/mol. The number of rotatable bonds is 14. The topological polar surface area (TPSA) is 287 Å². The van der Waals surface area contributed by atoms with Crippen molar-refractivity contribution in [3.8, 4) is 0 Å². The summed E-state index contributed by atoms with van der Waals surface area (Å²) in [6.07, 6.45) is 0.987. The standard InChI is InChI=1S/C34H51N9O12S/c44-18-10-20(35-12-18)32(53)40-7-1-4-22(40)30(51)37-14-27(47)43-16-19(45)11-25(43)34(55)42-9-3-6-24(42)29(50)36-13-26(46)39-21(17-56)33(54)41-8-2-5-23(41)31(52)38-15-28(48)49/h18-25,35,44-45,56H,1-17H2,(H,36,50)(H,37,51)(H,38,52)(H,39,46)(H,48,49)/t18-,19-,20+,21+,22+,23+,24+,25+/m1/s1. The number of carbonyl (C=O) groups is 9. The minimum Gasteiger partial charge on any atom is -0.480 e. The first-order valence-corrected chi connectivity index (χ1v) is 19.6. The minimum absolute atomic E-state index is 0.0881. The molecular formula is C34H51N9O12S. The van der Waals surface area contributed by atoms with E-state index in [4.69, 9.17) is 5.11 Å². The predicted molar refractivity (Wildman–Crippen MR) is 195 cm³/mol. The number of carboxylic acids is 1. The number of aliphatic hydroxyl groups is 2. The van der Waals surface area contributed by atoms with E-state index < -0.39 is 115 Å². The van der Waals surface area contributed by atoms with E-state index >= 15 is 0 Å². The Morgan fingerprint density at radius 3 is 1.75 bits per heavy atom. The van der Waals surface area contributed by atoms with Crippen molar-refractivity contribution >= 4 is 65.9 Å². The quantitative estimate of drug-likeness (QED) is 0.0742. The fourth-order valence-corrected chi connectivity index (χ4v) is 8.36. The van der Waals surface area contributed by atoms with E-state index in [2.05, 4.69) is 39.2 Å². The molecule has 0 radical (unpaired) electrons. The Balaban J connectivity index is 1.11. The Hall–Kier alpha value is -4.54. The van der Waals surface area contributed by atoms with Crippen LogP contribution in [0.4, 0.5) is 0 Å². The van der Waals surface area contributed by atoms with Gasteiger partial charge in [0.15, 0.2) is 0 Å². The summed E-state index contributed by atoms with van der Waals surface area (Å²) in [7, 11) is 0. The van der Waals surface area contributed by atoms with Crippen LogP contribution in [-0.4, -0.2) is 195 Å². The number of carbonyl (C=O) groups excluding carboxylic acids is 8. The summed E-state index contributed by atoms with van der Waals surface area (Å²) in [5.41, 5.74) is 0. The van der Waals surface area contributed by atoms with Crippen molar-refractivity contribution in [2.45, 2.75) is 99.8 Å². The van der Waals surface area contributed by atoms with E-state index in [1.807, 2.05) is 0 Å². The third kappa shape index (κ3) is 10.1. The average molecular weight is 810 g/mol. The van der Waals surface area contributed by atoms with Gasteiger partial charge in [-0.05, 0) is 44.9 Å². The molecule has 8 amide bonds. The molecule has 5 heterocycles. The molecule has 0 aromatic heterocycles. The number of carboxylic acid groups (broad SMARTS) is 1. The van der Waals surface area contributed by atoms with Crippen molar-refractivity contribution in [1.82, 2.24) is 46.2 Å². The van der Waals surface area contributed by atoms with Gasteiger partial charge in [0.05, 0.1) is 31.3 Å². The lowest BCUT2D eigenvalue weighted by atomic mass is 10.1. The van der Waals surface area contributed by atoms with Crippen molar-refractivity contribution in [3.63, 3.8) is 0 Å². The van der Waals surface area contributed by atoms with E-state index in [1.54, 1.807) is 0 Å². The highest BCUT2D eigenvalue weighted by Gasteiger charge is 2.45. The Kier molecular flexibility index (Phi) is 14.5. The van der Waals surface area contributed by atoms with Gasteiger partial charge in [0.25, 0.3) is 0 Å². The number of likely N-dealkylation sites (tertiary alicyclic amines) is 4.